The third kappa shape index (κ3) is 2.94. The maximum atomic E-state index is 11.7. The predicted molar refractivity (Wildman–Crippen MR) is 75.0 cm³/mol. The summed E-state index contributed by atoms with van der Waals surface area (Å²) in [5.41, 5.74) is 0.354. The van der Waals surface area contributed by atoms with Gasteiger partial charge in [-0.1, -0.05) is 6.07 Å². The number of hydrogen-bond acceptors (Lipinski definition) is 3. The molecule has 0 fully saturated rings. The van der Waals surface area contributed by atoms with Crippen molar-refractivity contribution in [2.45, 2.75) is 20.0 Å². The number of halogens is 1. The number of hydrogen-bond donors (Lipinski definition) is 0. The number of ether oxygens (including phenoxy) is 1. The van der Waals surface area contributed by atoms with E-state index < -0.39 is 0 Å². The number of fused-ring (bicyclic) bond motifs is 1. The fraction of sp³-hybridized carbons (Fsp3) is 0.231. The number of rotatable bonds is 2. The van der Waals surface area contributed by atoms with Crippen LogP contribution in [0.1, 0.15) is 24.3 Å². The highest BCUT2D eigenvalue weighted by Gasteiger charge is 2.11. The van der Waals surface area contributed by atoms with E-state index in [2.05, 4.69) is 27.6 Å². The van der Waals surface area contributed by atoms with Crippen LogP contribution in [-0.4, -0.2) is 17.1 Å². The summed E-state index contributed by atoms with van der Waals surface area (Å²) in [5, 5.41) is 2.02. The van der Waals surface area contributed by atoms with E-state index in [9.17, 15) is 4.79 Å². The molecule has 88 valence electrons. The normalized spacial score (nSPS) is 10.8. The molecule has 0 saturated heterocycles. The van der Waals surface area contributed by atoms with E-state index in [1.54, 1.807) is 12.3 Å². The second kappa shape index (κ2) is 5.00. The van der Waals surface area contributed by atoms with E-state index >= 15 is 0 Å². The van der Waals surface area contributed by atoms with Gasteiger partial charge in [0.05, 0.1) is 6.10 Å². The Morgan fingerprint density at radius 2 is 2.06 bits per heavy atom. The minimum Gasteiger partial charge on any atom is -0.458 e. The second-order valence-electron chi connectivity index (χ2n) is 4.02. The second-order valence-corrected chi connectivity index (χ2v) is 5.26. The summed E-state index contributed by atoms with van der Waals surface area (Å²) < 4.78 is 6.25. The van der Waals surface area contributed by atoms with Gasteiger partial charge in [0.15, 0.2) is 0 Å². The highest BCUT2D eigenvalue weighted by atomic mass is 127. The molecular formula is C13H12INO2. The Morgan fingerprint density at radius 1 is 1.29 bits per heavy atom. The predicted octanol–water partition coefficient (Wildman–Crippen LogP) is 3.40. The fourth-order valence-corrected chi connectivity index (χ4v) is 2.01. The lowest BCUT2D eigenvalue weighted by atomic mass is 10.1. The zero-order chi connectivity index (χ0) is 12.4. The molecule has 2 rings (SSSR count). The maximum absolute atomic E-state index is 11.7. The molecule has 0 atom stereocenters. The Balaban J connectivity index is 2.38. The molecule has 1 aromatic heterocycles. The standard InChI is InChI=1S/C13H12INO2/c1-8(2)17-13(16)12-6-9-3-4-11(14)5-10(9)7-15-12/h3-8H,1-2H3. The van der Waals surface area contributed by atoms with Crippen LogP contribution < -0.4 is 0 Å². The molecule has 0 aliphatic carbocycles. The summed E-state index contributed by atoms with van der Waals surface area (Å²) in [4.78, 5) is 15.8. The highest BCUT2D eigenvalue weighted by Crippen LogP contribution is 2.17. The van der Waals surface area contributed by atoms with Crippen LogP contribution in [0.3, 0.4) is 0 Å². The van der Waals surface area contributed by atoms with Gasteiger partial charge in [-0.3, -0.25) is 0 Å². The zero-order valence-corrected chi connectivity index (χ0v) is 11.8. The number of pyridine rings is 1. The summed E-state index contributed by atoms with van der Waals surface area (Å²) in [6.45, 7) is 3.64. The van der Waals surface area contributed by atoms with Gasteiger partial charge >= 0.3 is 5.97 Å². The number of esters is 1. The first-order valence-electron chi connectivity index (χ1n) is 5.32. The fourth-order valence-electron chi connectivity index (χ4n) is 1.50. The molecule has 0 aliphatic heterocycles. The van der Waals surface area contributed by atoms with E-state index in [1.807, 2.05) is 32.0 Å². The summed E-state index contributed by atoms with van der Waals surface area (Å²) in [6, 6.07) is 7.77. The van der Waals surface area contributed by atoms with Crippen molar-refractivity contribution in [1.82, 2.24) is 4.98 Å². The van der Waals surface area contributed by atoms with Gasteiger partial charge in [-0.2, -0.15) is 0 Å². The Morgan fingerprint density at radius 3 is 2.76 bits per heavy atom. The van der Waals surface area contributed by atoms with Crippen LogP contribution in [-0.2, 0) is 4.74 Å². The number of benzene rings is 1. The van der Waals surface area contributed by atoms with Gasteiger partial charge in [0.2, 0.25) is 0 Å². The van der Waals surface area contributed by atoms with Crippen LogP contribution in [0.15, 0.2) is 30.5 Å². The average Bonchev–Trinajstić information content (AvgIpc) is 2.27. The third-order valence-electron chi connectivity index (χ3n) is 2.24. The molecule has 17 heavy (non-hydrogen) atoms. The van der Waals surface area contributed by atoms with E-state index in [0.717, 1.165) is 14.3 Å². The molecule has 3 nitrogen and oxygen atoms in total. The van der Waals surface area contributed by atoms with Gasteiger partial charge in [0, 0.05) is 15.2 Å². The van der Waals surface area contributed by atoms with Crippen molar-refractivity contribution in [3.63, 3.8) is 0 Å². The minimum absolute atomic E-state index is 0.128. The monoisotopic (exact) mass is 341 g/mol. The molecule has 0 spiro atoms. The molecule has 0 aliphatic rings. The van der Waals surface area contributed by atoms with Crippen LogP contribution in [0.2, 0.25) is 0 Å². The lowest BCUT2D eigenvalue weighted by Gasteiger charge is -2.07. The molecule has 0 bridgehead atoms. The summed E-state index contributed by atoms with van der Waals surface area (Å²) in [7, 11) is 0. The van der Waals surface area contributed by atoms with E-state index in [0.29, 0.717) is 5.69 Å². The number of carbonyl (C=O) groups is 1. The van der Waals surface area contributed by atoms with Crippen molar-refractivity contribution in [2.24, 2.45) is 0 Å². The molecule has 2 aromatic rings. The van der Waals surface area contributed by atoms with Crippen LogP contribution in [0.5, 0.6) is 0 Å². The van der Waals surface area contributed by atoms with Crippen molar-refractivity contribution in [1.29, 1.82) is 0 Å². The van der Waals surface area contributed by atoms with Gasteiger partial charge in [0.1, 0.15) is 5.69 Å². The Labute approximate surface area is 113 Å². The Kier molecular flexibility index (Phi) is 3.61. The van der Waals surface area contributed by atoms with Crippen LogP contribution in [0, 0.1) is 3.57 Å². The SMILES string of the molecule is CC(C)OC(=O)c1cc2ccc(I)cc2cn1. The van der Waals surface area contributed by atoms with Crippen molar-refractivity contribution >= 4 is 39.3 Å². The molecule has 1 heterocycles. The molecule has 0 N–H and O–H groups in total. The molecule has 0 amide bonds. The molecular weight excluding hydrogens is 329 g/mol. The quantitative estimate of drug-likeness (QED) is 0.621. The van der Waals surface area contributed by atoms with Gasteiger partial charge in [-0.05, 0) is 60.0 Å². The first-order chi connectivity index (χ1) is 8.06. The molecule has 0 unspecified atom stereocenters. The molecule has 1 aromatic carbocycles. The number of nitrogens with zero attached hydrogens (tertiary/aromatic N) is 1. The average molecular weight is 341 g/mol. The van der Waals surface area contributed by atoms with Gasteiger partial charge in [-0.25, -0.2) is 9.78 Å². The van der Waals surface area contributed by atoms with Crippen molar-refractivity contribution in [3.05, 3.63) is 39.7 Å². The van der Waals surface area contributed by atoms with Crippen molar-refractivity contribution in [2.75, 3.05) is 0 Å². The minimum atomic E-state index is -0.375. The van der Waals surface area contributed by atoms with Crippen LogP contribution >= 0.6 is 22.6 Å². The lowest BCUT2D eigenvalue weighted by molar-refractivity contribution is 0.0371. The van der Waals surface area contributed by atoms with Crippen LogP contribution in [0.4, 0.5) is 0 Å². The number of carbonyl (C=O) groups excluding carboxylic acids is 1. The molecule has 4 heteroatoms. The van der Waals surface area contributed by atoms with E-state index in [-0.39, 0.29) is 12.1 Å². The Hall–Kier alpha value is -1.17. The maximum Gasteiger partial charge on any atom is 0.357 e. The number of aromatic nitrogens is 1. The molecule has 0 saturated carbocycles. The molecule has 0 radical (unpaired) electrons. The van der Waals surface area contributed by atoms with Crippen molar-refractivity contribution in [3.8, 4) is 0 Å². The topological polar surface area (TPSA) is 39.2 Å². The zero-order valence-electron chi connectivity index (χ0n) is 9.61. The summed E-state index contributed by atoms with van der Waals surface area (Å²) >= 11 is 2.25. The summed E-state index contributed by atoms with van der Waals surface area (Å²) in [6.07, 6.45) is 1.57. The lowest BCUT2D eigenvalue weighted by Crippen LogP contribution is -2.12. The van der Waals surface area contributed by atoms with E-state index in [4.69, 9.17) is 4.74 Å². The smallest absolute Gasteiger partial charge is 0.357 e. The largest absolute Gasteiger partial charge is 0.458 e. The Bertz CT molecular complexity index is 566. The van der Waals surface area contributed by atoms with E-state index in [1.165, 1.54) is 0 Å². The third-order valence-corrected chi connectivity index (χ3v) is 2.91. The summed E-state index contributed by atoms with van der Waals surface area (Å²) in [5.74, 6) is -0.375. The first kappa shape index (κ1) is 12.3. The van der Waals surface area contributed by atoms with Gasteiger partial charge < -0.3 is 4.74 Å². The van der Waals surface area contributed by atoms with Gasteiger partial charge in [0.25, 0.3) is 0 Å². The van der Waals surface area contributed by atoms with Crippen molar-refractivity contribution < 1.29 is 9.53 Å². The van der Waals surface area contributed by atoms with Gasteiger partial charge in [-0.15, -0.1) is 0 Å². The first-order valence-corrected chi connectivity index (χ1v) is 6.40. The highest BCUT2D eigenvalue weighted by molar-refractivity contribution is 14.1. The van der Waals surface area contributed by atoms with Crippen LogP contribution in [0.25, 0.3) is 10.8 Å².